The van der Waals surface area contributed by atoms with E-state index in [-0.39, 0.29) is 0 Å². The lowest BCUT2D eigenvalue weighted by atomic mass is 10.1. The SMILES string of the molecule is CCC/C(C)=C\CC=C(C)CC. The summed E-state index contributed by atoms with van der Waals surface area (Å²) in [7, 11) is 0. The molecule has 0 aliphatic heterocycles. The molecule has 0 aliphatic rings. The van der Waals surface area contributed by atoms with Crippen molar-refractivity contribution in [3.05, 3.63) is 23.3 Å². The second-order valence-corrected chi connectivity index (χ2v) is 3.44. The van der Waals surface area contributed by atoms with Crippen LogP contribution in [0.2, 0.25) is 0 Å². The number of hydrogen-bond donors (Lipinski definition) is 0. The summed E-state index contributed by atoms with van der Waals surface area (Å²) in [6, 6.07) is 0. The minimum Gasteiger partial charge on any atom is -0.0818 e. The third kappa shape index (κ3) is 6.21. The first-order valence-electron chi connectivity index (χ1n) is 5.02. The summed E-state index contributed by atoms with van der Waals surface area (Å²) < 4.78 is 0. The minimum atomic E-state index is 1.12. The Morgan fingerprint density at radius 1 is 1.00 bits per heavy atom. The van der Waals surface area contributed by atoms with Crippen LogP contribution in [0.5, 0.6) is 0 Å². The van der Waals surface area contributed by atoms with Gasteiger partial charge in [0.25, 0.3) is 0 Å². The van der Waals surface area contributed by atoms with Crippen molar-refractivity contribution in [3.63, 3.8) is 0 Å². The van der Waals surface area contributed by atoms with Gasteiger partial charge in [-0.25, -0.2) is 0 Å². The van der Waals surface area contributed by atoms with Gasteiger partial charge in [0.05, 0.1) is 0 Å². The van der Waals surface area contributed by atoms with E-state index in [9.17, 15) is 0 Å². The van der Waals surface area contributed by atoms with E-state index in [2.05, 4.69) is 39.8 Å². The van der Waals surface area contributed by atoms with Crippen LogP contribution in [-0.4, -0.2) is 0 Å². The lowest BCUT2D eigenvalue weighted by Crippen LogP contribution is -1.75. The van der Waals surface area contributed by atoms with Crippen LogP contribution in [0.15, 0.2) is 23.3 Å². The van der Waals surface area contributed by atoms with Crippen molar-refractivity contribution in [1.82, 2.24) is 0 Å². The van der Waals surface area contributed by atoms with Crippen molar-refractivity contribution in [1.29, 1.82) is 0 Å². The molecule has 0 spiro atoms. The first kappa shape index (κ1) is 11.5. The number of allylic oxidation sites excluding steroid dienone is 4. The maximum Gasteiger partial charge on any atom is -0.0164 e. The van der Waals surface area contributed by atoms with Gasteiger partial charge in [-0.05, 0) is 33.1 Å². The van der Waals surface area contributed by atoms with E-state index in [0.29, 0.717) is 0 Å². The molecule has 0 aromatic heterocycles. The lowest BCUT2D eigenvalue weighted by molar-refractivity contribution is 0.899. The fourth-order valence-electron chi connectivity index (χ4n) is 1.10. The van der Waals surface area contributed by atoms with E-state index in [1.165, 1.54) is 30.4 Å². The third-order valence-electron chi connectivity index (χ3n) is 2.13. The van der Waals surface area contributed by atoms with E-state index in [4.69, 9.17) is 0 Å². The predicted octanol–water partition coefficient (Wildman–Crippen LogP) is 4.48. The second kappa shape index (κ2) is 7.15. The maximum absolute atomic E-state index is 2.34. The number of hydrogen-bond acceptors (Lipinski definition) is 0. The van der Waals surface area contributed by atoms with Crippen molar-refractivity contribution >= 4 is 0 Å². The Morgan fingerprint density at radius 3 is 2.08 bits per heavy atom. The highest BCUT2D eigenvalue weighted by molar-refractivity contribution is 5.05. The van der Waals surface area contributed by atoms with E-state index in [0.717, 1.165) is 6.42 Å². The highest BCUT2D eigenvalue weighted by Gasteiger charge is 1.86. The van der Waals surface area contributed by atoms with Crippen molar-refractivity contribution in [3.8, 4) is 0 Å². The molecule has 70 valence electrons. The second-order valence-electron chi connectivity index (χ2n) is 3.44. The van der Waals surface area contributed by atoms with Gasteiger partial charge in [0.2, 0.25) is 0 Å². The van der Waals surface area contributed by atoms with Crippen molar-refractivity contribution in [2.45, 2.75) is 53.4 Å². The normalized spacial score (nSPS) is 13.7. The van der Waals surface area contributed by atoms with Gasteiger partial charge in [-0.3, -0.25) is 0 Å². The lowest BCUT2D eigenvalue weighted by Gasteiger charge is -1.96. The summed E-state index contributed by atoms with van der Waals surface area (Å²) in [5.74, 6) is 0. The molecule has 0 radical (unpaired) electrons. The summed E-state index contributed by atoms with van der Waals surface area (Å²) in [5.41, 5.74) is 3.02. The van der Waals surface area contributed by atoms with Crippen LogP contribution >= 0.6 is 0 Å². The van der Waals surface area contributed by atoms with Crippen LogP contribution < -0.4 is 0 Å². The van der Waals surface area contributed by atoms with E-state index < -0.39 is 0 Å². The fraction of sp³-hybridized carbons (Fsp3) is 0.667. The Bertz CT molecular complexity index is 161. The Hall–Kier alpha value is -0.520. The first-order chi connectivity index (χ1) is 5.70. The van der Waals surface area contributed by atoms with Gasteiger partial charge in [-0.2, -0.15) is 0 Å². The molecule has 0 aliphatic carbocycles. The Kier molecular flexibility index (Phi) is 6.84. The third-order valence-corrected chi connectivity index (χ3v) is 2.13. The quantitative estimate of drug-likeness (QED) is 0.528. The van der Waals surface area contributed by atoms with Gasteiger partial charge in [0, 0.05) is 0 Å². The summed E-state index contributed by atoms with van der Waals surface area (Å²) in [6.45, 7) is 8.85. The zero-order chi connectivity index (χ0) is 9.40. The van der Waals surface area contributed by atoms with E-state index >= 15 is 0 Å². The largest absolute Gasteiger partial charge is 0.0818 e. The van der Waals surface area contributed by atoms with Crippen LogP contribution in [0.25, 0.3) is 0 Å². The van der Waals surface area contributed by atoms with Crippen LogP contribution in [0.1, 0.15) is 53.4 Å². The van der Waals surface area contributed by atoms with E-state index in [1.54, 1.807) is 0 Å². The van der Waals surface area contributed by atoms with Crippen LogP contribution in [-0.2, 0) is 0 Å². The topological polar surface area (TPSA) is 0 Å². The molecule has 0 nitrogen and oxygen atoms in total. The average molecular weight is 166 g/mol. The fourth-order valence-corrected chi connectivity index (χ4v) is 1.10. The minimum absolute atomic E-state index is 1.12. The molecular formula is C12H22. The van der Waals surface area contributed by atoms with Gasteiger partial charge in [0.15, 0.2) is 0 Å². The molecule has 0 heterocycles. The van der Waals surface area contributed by atoms with Gasteiger partial charge in [-0.15, -0.1) is 0 Å². The number of rotatable bonds is 5. The monoisotopic (exact) mass is 166 g/mol. The molecule has 0 fully saturated rings. The summed E-state index contributed by atoms with van der Waals surface area (Å²) in [4.78, 5) is 0. The molecule has 0 N–H and O–H groups in total. The van der Waals surface area contributed by atoms with Crippen molar-refractivity contribution in [2.75, 3.05) is 0 Å². The first-order valence-corrected chi connectivity index (χ1v) is 5.02. The van der Waals surface area contributed by atoms with E-state index in [1.807, 2.05) is 0 Å². The molecule has 0 aromatic rings. The van der Waals surface area contributed by atoms with Gasteiger partial charge < -0.3 is 0 Å². The molecule has 12 heavy (non-hydrogen) atoms. The van der Waals surface area contributed by atoms with Gasteiger partial charge >= 0.3 is 0 Å². The Morgan fingerprint density at radius 2 is 1.58 bits per heavy atom. The molecule has 0 aromatic carbocycles. The molecule has 0 bridgehead atoms. The zero-order valence-corrected chi connectivity index (χ0v) is 8.98. The Balaban J connectivity index is 3.72. The van der Waals surface area contributed by atoms with Crippen molar-refractivity contribution < 1.29 is 0 Å². The molecule has 0 saturated heterocycles. The van der Waals surface area contributed by atoms with Crippen LogP contribution in [0.4, 0.5) is 0 Å². The molecule has 0 unspecified atom stereocenters. The molecule has 0 saturated carbocycles. The standard InChI is InChI=1S/C12H22/c1-5-8-12(4)10-7-9-11(3)6-2/h9-10H,5-8H2,1-4H3/b11-9?,12-10-. The summed E-state index contributed by atoms with van der Waals surface area (Å²) >= 11 is 0. The maximum atomic E-state index is 2.34. The summed E-state index contributed by atoms with van der Waals surface area (Å²) in [5, 5.41) is 0. The predicted molar refractivity (Wildman–Crippen MR) is 57.3 cm³/mol. The Labute approximate surface area is 77.4 Å². The van der Waals surface area contributed by atoms with Crippen LogP contribution in [0.3, 0.4) is 0 Å². The average Bonchev–Trinajstić information content (AvgIpc) is 2.04. The van der Waals surface area contributed by atoms with Gasteiger partial charge in [-0.1, -0.05) is 43.6 Å². The molecule has 0 amide bonds. The smallest absolute Gasteiger partial charge is 0.0164 e. The van der Waals surface area contributed by atoms with Crippen LogP contribution in [0, 0.1) is 0 Å². The summed E-state index contributed by atoms with van der Waals surface area (Å²) in [6.07, 6.45) is 9.46. The van der Waals surface area contributed by atoms with Crippen molar-refractivity contribution in [2.24, 2.45) is 0 Å². The molecule has 0 heteroatoms. The van der Waals surface area contributed by atoms with Gasteiger partial charge in [0.1, 0.15) is 0 Å². The highest BCUT2D eigenvalue weighted by atomic mass is 13.9. The molecule has 0 atom stereocenters. The molecule has 0 rings (SSSR count). The zero-order valence-electron chi connectivity index (χ0n) is 8.98. The highest BCUT2D eigenvalue weighted by Crippen LogP contribution is 2.06. The molecular weight excluding hydrogens is 144 g/mol.